The maximum absolute atomic E-state index is 13.7. The zero-order valence-corrected chi connectivity index (χ0v) is 25.5. The van der Waals surface area contributed by atoms with Crippen molar-refractivity contribution in [3.05, 3.63) is 76.8 Å². The van der Waals surface area contributed by atoms with Crippen molar-refractivity contribution in [2.24, 2.45) is 5.92 Å². The van der Waals surface area contributed by atoms with E-state index in [1.165, 1.54) is 11.8 Å². The molecule has 4 amide bonds. The predicted molar refractivity (Wildman–Crippen MR) is 168 cm³/mol. The summed E-state index contributed by atoms with van der Waals surface area (Å²) in [5, 5.41) is 9.77. The van der Waals surface area contributed by atoms with E-state index in [1.54, 1.807) is 11.0 Å². The van der Waals surface area contributed by atoms with Crippen molar-refractivity contribution in [1.82, 2.24) is 25.8 Å². The maximum Gasteiger partial charge on any atom is 0.326 e. The highest BCUT2D eigenvalue weighted by molar-refractivity contribution is 8.04. The molecule has 6 rings (SSSR count). The fourth-order valence-corrected chi connectivity index (χ4v) is 7.69. The molecule has 3 N–H and O–H groups in total. The quantitative estimate of drug-likeness (QED) is 0.398. The molecule has 4 aliphatic rings. The molecule has 3 fully saturated rings. The van der Waals surface area contributed by atoms with Crippen molar-refractivity contribution in [1.29, 1.82) is 0 Å². The lowest BCUT2D eigenvalue weighted by Gasteiger charge is -2.46. The number of nitrogens with zero attached hydrogens (tertiary/aromatic N) is 3. The molecule has 3 unspecified atom stereocenters. The Morgan fingerprint density at radius 2 is 1.95 bits per heavy atom. The molecule has 11 heteroatoms. The number of piperidine rings is 1. The van der Waals surface area contributed by atoms with Crippen LogP contribution in [0.15, 0.2) is 71.3 Å². The van der Waals surface area contributed by atoms with Gasteiger partial charge in [-0.15, -0.1) is 0 Å². The van der Waals surface area contributed by atoms with Gasteiger partial charge in [0.25, 0.3) is 5.91 Å². The molecule has 0 aliphatic carbocycles. The lowest BCUT2D eigenvalue weighted by molar-refractivity contribution is -0.125. The average molecular weight is 603 g/mol. The lowest BCUT2D eigenvalue weighted by atomic mass is 9.86. The number of amides is 4. The monoisotopic (exact) mass is 602 g/mol. The number of carbonyl (C=O) groups excluding carboxylic acids is 3. The van der Waals surface area contributed by atoms with Gasteiger partial charge in [0.1, 0.15) is 11.5 Å². The molecule has 43 heavy (non-hydrogen) atoms. The number of thioether (sulfide) groups is 1. The third-order valence-corrected chi connectivity index (χ3v) is 9.68. The van der Waals surface area contributed by atoms with Crippen LogP contribution >= 0.6 is 11.8 Å². The van der Waals surface area contributed by atoms with E-state index in [2.05, 4.69) is 16.0 Å². The van der Waals surface area contributed by atoms with Gasteiger partial charge in [-0.05, 0) is 76.3 Å². The molecule has 10 nitrogen and oxygen atoms in total. The Balaban J connectivity index is 1.15. The van der Waals surface area contributed by atoms with Crippen molar-refractivity contribution in [3.63, 3.8) is 0 Å². The van der Waals surface area contributed by atoms with Gasteiger partial charge in [0.2, 0.25) is 5.91 Å². The molecule has 0 radical (unpaired) electrons. The molecular weight excluding hydrogens is 564 g/mol. The van der Waals surface area contributed by atoms with Gasteiger partial charge in [0.05, 0.1) is 16.3 Å². The summed E-state index contributed by atoms with van der Waals surface area (Å²) in [6.45, 7) is 4.51. The number of hydrogen-bond donors (Lipinski definition) is 3. The molecule has 4 aliphatic heterocycles. The first-order valence-electron chi connectivity index (χ1n) is 14.8. The number of carbonyl (C=O) groups is 3. The second-order valence-corrected chi connectivity index (χ2v) is 12.8. The number of nitrogens with one attached hydrogen (secondary N) is 3. The summed E-state index contributed by atoms with van der Waals surface area (Å²) in [6, 6.07) is 15.0. The van der Waals surface area contributed by atoms with Gasteiger partial charge in [0, 0.05) is 49.1 Å². The number of hydrogen-bond acceptors (Lipinski definition) is 7. The standard InChI is InChI=1S/C32H38N6O4S/c1-20-18-23(42-22-8-5-4-6-9-22)11-12-24(20)38-25-13-15-33-31-27(25)28(35-32(38)41)29(43-31)30(40)34-21-14-17-37(19-21)26(39)10-7-16-36(2)3/h4-12,18,21,25,27,31,33H,13-17,19H2,1-3H3,(H,34,40)(H,35,41)/b10-7+/t21-,25?,27?,31?/m1/s1. The van der Waals surface area contributed by atoms with Gasteiger partial charge in [0.15, 0.2) is 0 Å². The van der Waals surface area contributed by atoms with E-state index in [1.807, 2.05) is 85.4 Å². The summed E-state index contributed by atoms with van der Waals surface area (Å²) < 4.78 is 6.01. The summed E-state index contributed by atoms with van der Waals surface area (Å²) in [5.74, 6) is 1.19. The Bertz CT molecular complexity index is 1460. The van der Waals surface area contributed by atoms with Crippen molar-refractivity contribution in [3.8, 4) is 11.5 Å². The van der Waals surface area contributed by atoms with E-state index >= 15 is 0 Å². The van der Waals surface area contributed by atoms with Gasteiger partial charge in [-0.1, -0.05) is 36.0 Å². The van der Waals surface area contributed by atoms with Gasteiger partial charge in [-0.3, -0.25) is 14.5 Å². The molecule has 3 saturated heterocycles. The van der Waals surface area contributed by atoms with Gasteiger partial charge in [-0.25, -0.2) is 4.79 Å². The van der Waals surface area contributed by atoms with E-state index in [-0.39, 0.29) is 41.2 Å². The molecule has 226 valence electrons. The van der Waals surface area contributed by atoms with Gasteiger partial charge in [-0.2, -0.15) is 0 Å². The second-order valence-electron chi connectivity index (χ2n) is 11.7. The highest BCUT2D eigenvalue weighted by atomic mass is 32.2. The van der Waals surface area contributed by atoms with Crippen LogP contribution in [-0.2, 0) is 9.59 Å². The zero-order valence-electron chi connectivity index (χ0n) is 24.7. The largest absolute Gasteiger partial charge is 0.457 e. The Labute approximate surface area is 256 Å². The van der Waals surface area contributed by atoms with Crippen LogP contribution in [0.3, 0.4) is 0 Å². The van der Waals surface area contributed by atoms with Crippen LogP contribution in [-0.4, -0.2) is 85.4 Å². The number of anilines is 1. The average Bonchev–Trinajstić information content (AvgIpc) is 3.60. The van der Waals surface area contributed by atoms with Crippen LogP contribution in [0.25, 0.3) is 0 Å². The second kappa shape index (κ2) is 12.4. The van der Waals surface area contributed by atoms with Crippen molar-refractivity contribution in [2.45, 2.75) is 37.2 Å². The fourth-order valence-electron chi connectivity index (χ4n) is 6.29. The van der Waals surface area contributed by atoms with E-state index < -0.39 is 0 Å². The molecule has 4 heterocycles. The van der Waals surface area contributed by atoms with E-state index in [9.17, 15) is 14.4 Å². The summed E-state index contributed by atoms with van der Waals surface area (Å²) >= 11 is 1.49. The normalized spacial score (nSPS) is 24.9. The molecule has 0 spiro atoms. The third kappa shape index (κ3) is 6.15. The number of aryl methyl sites for hydroxylation is 1. The Morgan fingerprint density at radius 1 is 1.14 bits per heavy atom. The number of urea groups is 1. The first kappa shape index (κ1) is 29.3. The molecule has 0 aromatic heterocycles. The SMILES string of the molecule is Cc1cc(Oc2ccccc2)ccc1N1C(=O)NC2=C(C(=O)N[C@@H]3CCN(C(=O)/C=C/CN(C)C)C3)SC3NCCC1C23. The van der Waals surface area contributed by atoms with Crippen LogP contribution in [0.2, 0.25) is 0 Å². The fraction of sp³-hybridized carbons (Fsp3) is 0.406. The van der Waals surface area contributed by atoms with Crippen LogP contribution in [0.1, 0.15) is 18.4 Å². The van der Waals surface area contributed by atoms with Crippen LogP contribution in [0.5, 0.6) is 11.5 Å². The Kier molecular flexibility index (Phi) is 8.47. The summed E-state index contributed by atoms with van der Waals surface area (Å²) in [5.41, 5.74) is 2.47. The minimum absolute atomic E-state index is 0.0120. The zero-order chi connectivity index (χ0) is 30.1. The maximum atomic E-state index is 13.7. The molecule has 2 aromatic rings. The van der Waals surface area contributed by atoms with E-state index in [0.717, 1.165) is 30.0 Å². The number of ether oxygens (including phenoxy) is 1. The van der Waals surface area contributed by atoms with Crippen molar-refractivity contribution in [2.75, 3.05) is 45.2 Å². The van der Waals surface area contributed by atoms with Crippen LogP contribution in [0, 0.1) is 12.8 Å². The van der Waals surface area contributed by atoms with Gasteiger partial charge < -0.3 is 30.5 Å². The Morgan fingerprint density at radius 3 is 2.72 bits per heavy atom. The number of rotatable bonds is 8. The molecular formula is C32H38N6O4S. The van der Waals surface area contributed by atoms with Crippen molar-refractivity contribution >= 4 is 35.3 Å². The minimum Gasteiger partial charge on any atom is -0.457 e. The summed E-state index contributed by atoms with van der Waals surface area (Å²) in [7, 11) is 3.90. The molecule has 4 atom stereocenters. The molecule has 2 aromatic carbocycles. The number of likely N-dealkylation sites (tertiary alicyclic amines) is 1. The molecule has 0 bridgehead atoms. The first-order valence-corrected chi connectivity index (χ1v) is 15.7. The van der Waals surface area contributed by atoms with Crippen LogP contribution in [0.4, 0.5) is 10.5 Å². The van der Waals surface area contributed by atoms with E-state index in [0.29, 0.717) is 42.4 Å². The van der Waals surface area contributed by atoms with Crippen molar-refractivity contribution < 1.29 is 19.1 Å². The summed E-state index contributed by atoms with van der Waals surface area (Å²) in [6.07, 6.45) is 4.93. The number of benzene rings is 2. The highest BCUT2D eigenvalue weighted by Gasteiger charge is 2.52. The number of para-hydroxylation sites is 1. The third-order valence-electron chi connectivity index (χ3n) is 8.32. The summed E-state index contributed by atoms with van der Waals surface area (Å²) in [4.78, 5) is 45.9. The first-order chi connectivity index (χ1) is 20.8. The minimum atomic E-state index is -0.230. The lowest BCUT2D eigenvalue weighted by Crippen LogP contribution is -2.62. The van der Waals surface area contributed by atoms with Crippen LogP contribution < -0.4 is 25.6 Å². The highest BCUT2D eigenvalue weighted by Crippen LogP contribution is 2.48. The predicted octanol–water partition coefficient (Wildman–Crippen LogP) is 3.41. The molecule has 0 saturated carbocycles. The van der Waals surface area contributed by atoms with Gasteiger partial charge >= 0.3 is 6.03 Å². The Hall–Kier alpha value is -3.80. The van der Waals surface area contributed by atoms with E-state index in [4.69, 9.17) is 4.74 Å². The topological polar surface area (TPSA) is 106 Å². The number of likely N-dealkylation sites (N-methyl/N-ethyl adjacent to an activating group) is 1. The smallest absolute Gasteiger partial charge is 0.326 e.